The molecule has 0 aliphatic rings. The molecule has 0 amide bonds. The van der Waals surface area contributed by atoms with Gasteiger partial charge in [0.1, 0.15) is 5.82 Å². The highest BCUT2D eigenvalue weighted by molar-refractivity contribution is 7.98. The van der Waals surface area contributed by atoms with Gasteiger partial charge in [0.15, 0.2) is 5.16 Å². The first-order valence-electron chi connectivity index (χ1n) is 8.54. The van der Waals surface area contributed by atoms with Crippen molar-refractivity contribution in [2.24, 2.45) is 0 Å². The molecule has 4 heteroatoms. The van der Waals surface area contributed by atoms with E-state index in [4.69, 9.17) is 5.73 Å². The third kappa shape index (κ3) is 4.03. The quantitative estimate of drug-likeness (QED) is 0.399. The van der Waals surface area contributed by atoms with Gasteiger partial charge in [-0.1, -0.05) is 84.6 Å². The molecule has 0 aliphatic heterocycles. The summed E-state index contributed by atoms with van der Waals surface area (Å²) in [6, 6.07) is 27.1. The van der Waals surface area contributed by atoms with Crippen molar-refractivity contribution in [3.63, 3.8) is 0 Å². The minimum absolute atomic E-state index is 0.520. The molecule has 0 atom stereocenters. The molecule has 4 aromatic rings. The topological polar surface area (TPSA) is 51.8 Å². The fourth-order valence-electron chi connectivity index (χ4n) is 2.93. The predicted molar refractivity (Wildman–Crippen MR) is 109 cm³/mol. The molecular formula is C22H19N3S. The van der Waals surface area contributed by atoms with Gasteiger partial charge in [-0.2, -0.15) is 0 Å². The molecule has 128 valence electrons. The van der Waals surface area contributed by atoms with E-state index in [1.165, 1.54) is 21.9 Å². The van der Waals surface area contributed by atoms with Gasteiger partial charge in [-0.3, -0.25) is 0 Å². The summed E-state index contributed by atoms with van der Waals surface area (Å²) < 4.78 is 0. The Morgan fingerprint density at radius 3 is 2.35 bits per heavy atom. The second-order valence-electron chi connectivity index (χ2n) is 6.20. The van der Waals surface area contributed by atoms with Gasteiger partial charge in [0.2, 0.25) is 0 Å². The maximum atomic E-state index is 5.99. The lowest BCUT2D eigenvalue weighted by Crippen LogP contribution is -2.00. The van der Waals surface area contributed by atoms with Crippen molar-refractivity contribution in [2.75, 3.05) is 5.73 Å². The Morgan fingerprint density at radius 1 is 0.731 bits per heavy atom. The zero-order valence-electron chi connectivity index (χ0n) is 14.3. The molecule has 0 spiro atoms. The van der Waals surface area contributed by atoms with Crippen molar-refractivity contribution in [3.8, 4) is 0 Å². The largest absolute Gasteiger partial charge is 0.384 e. The molecule has 4 rings (SSSR count). The van der Waals surface area contributed by atoms with E-state index in [0.717, 1.165) is 23.0 Å². The summed E-state index contributed by atoms with van der Waals surface area (Å²) in [6.45, 7) is 0. The van der Waals surface area contributed by atoms with Crippen LogP contribution in [0.3, 0.4) is 0 Å². The number of nitrogens with zero attached hydrogens (tertiary/aromatic N) is 2. The van der Waals surface area contributed by atoms with E-state index in [1.807, 2.05) is 24.3 Å². The van der Waals surface area contributed by atoms with E-state index in [9.17, 15) is 0 Å². The summed E-state index contributed by atoms with van der Waals surface area (Å²) in [7, 11) is 0. The molecule has 26 heavy (non-hydrogen) atoms. The van der Waals surface area contributed by atoms with Crippen LogP contribution in [-0.2, 0) is 12.2 Å². The first-order chi connectivity index (χ1) is 12.8. The number of aromatic nitrogens is 2. The van der Waals surface area contributed by atoms with Gasteiger partial charge >= 0.3 is 0 Å². The monoisotopic (exact) mass is 357 g/mol. The number of thioether (sulfide) groups is 1. The molecule has 0 saturated heterocycles. The van der Waals surface area contributed by atoms with E-state index in [0.29, 0.717) is 5.82 Å². The third-order valence-electron chi connectivity index (χ3n) is 4.19. The van der Waals surface area contributed by atoms with Gasteiger partial charge in [0, 0.05) is 18.2 Å². The van der Waals surface area contributed by atoms with Crippen molar-refractivity contribution in [1.82, 2.24) is 9.97 Å². The lowest BCUT2D eigenvalue weighted by molar-refractivity contribution is 0.909. The maximum Gasteiger partial charge on any atom is 0.190 e. The lowest BCUT2D eigenvalue weighted by Gasteiger charge is -2.07. The van der Waals surface area contributed by atoms with Crippen LogP contribution in [0, 0.1) is 0 Å². The van der Waals surface area contributed by atoms with Gasteiger partial charge in [0.05, 0.1) is 5.69 Å². The molecule has 1 aromatic heterocycles. The Balaban J connectivity index is 1.50. The normalized spacial score (nSPS) is 10.9. The van der Waals surface area contributed by atoms with E-state index >= 15 is 0 Å². The Hall–Kier alpha value is -2.85. The lowest BCUT2D eigenvalue weighted by atomic mass is 10.1. The molecule has 0 saturated carbocycles. The van der Waals surface area contributed by atoms with E-state index in [-0.39, 0.29) is 0 Å². The number of hydrogen-bond acceptors (Lipinski definition) is 4. The second kappa shape index (κ2) is 7.58. The van der Waals surface area contributed by atoms with Crippen LogP contribution >= 0.6 is 11.8 Å². The van der Waals surface area contributed by atoms with E-state index in [1.54, 1.807) is 11.8 Å². The highest BCUT2D eigenvalue weighted by atomic mass is 32.2. The Morgan fingerprint density at radius 2 is 1.50 bits per heavy atom. The van der Waals surface area contributed by atoms with Crippen LogP contribution in [-0.4, -0.2) is 9.97 Å². The summed E-state index contributed by atoms with van der Waals surface area (Å²) in [4.78, 5) is 9.06. The van der Waals surface area contributed by atoms with Crippen LogP contribution in [0.4, 0.5) is 5.82 Å². The van der Waals surface area contributed by atoms with Crippen LogP contribution in [0.5, 0.6) is 0 Å². The number of rotatable bonds is 5. The zero-order chi connectivity index (χ0) is 17.8. The van der Waals surface area contributed by atoms with E-state index < -0.39 is 0 Å². The standard InChI is InChI=1S/C22H19N3S/c23-21-14-20(13-16-6-2-1-3-7-16)24-22(25-21)26-15-17-10-11-18-8-4-5-9-19(18)12-17/h1-12,14H,13,15H2,(H2,23,24,25). The average Bonchev–Trinajstić information content (AvgIpc) is 2.67. The van der Waals surface area contributed by atoms with Crippen molar-refractivity contribution in [3.05, 3.63) is 95.7 Å². The fraction of sp³-hybridized carbons (Fsp3) is 0.0909. The van der Waals surface area contributed by atoms with Gasteiger partial charge in [-0.05, 0) is 21.9 Å². The third-order valence-corrected chi connectivity index (χ3v) is 5.11. The predicted octanol–water partition coefficient (Wildman–Crippen LogP) is 5.10. The molecule has 0 radical (unpaired) electrons. The first-order valence-corrected chi connectivity index (χ1v) is 9.53. The minimum atomic E-state index is 0.520. The summed E-state index contributed by atoms with van der Waals surface area (Å²) in [5.74, 6) is 1.34. The number of nitrogen functional groups attached to an aromatic ring is 1. The molecular weight excluding hydrogens is 338 g/mol. The smallest absolute Gasteiger partial charge is 0.190 e. The van der Waals surface area contributed by atoms with Crippen LogP contribution in [0.1, 0.15) is 16.8 Å². The first kappa shape index (κ1) is 16.6. The number of nitrogens with two attached hydrogens (primary N) is 1. The number of anilines is 1. The maximum absolute atomic E-state index is 5.99. The fourth-order valence-corrected chi connectivity index (χ4v) is 3.76. The Bertz CT molecular complexity index is 1030. The number of fused-ring (bicyclic) bond motifs is 1. The Labute approximate surface area is 157 Å². The summed E-state index contributed by atoms with van der Waals surface area (Å²) in [5, 5.41) is 3.24. The summed E-state index contributed by atoms with van der Waals surface area (Å²) in [5.41, 5.74) is 9.41. The molecule has 3 nitrogen and oxygen atoms in total. The van der Waals surface area contributed by atoms with E-state index in [2.05, 4.69) is 64.6 Å². The molecule has 0 unspecified atom stereocenters. The number of benzene rings is 3. The van der Waals surface area contributed by atoms with Crippen LogP contribution < -0.4 is 5.73 Å². The van der Waals surface area contributed by atoms with Crippen LogP contribution in [0.25, 0.3) is 10.8 Å². The highest BCUT2D eigenvalue weighted by Crippen LogP contribution is 2.24. The van der Waals surface area contributed by atoms with Gasteiger partial charge in [-0.15, -0.1) is 0 Å². The molecule has 0 fully saturated rings. The molecule has 1 heterocycles. The molecule has 0 aliphatic carbocycles. The van der Waals surface area contributed by atoms with Crippen molar-refractivity contribution < 1.29 is 0 Å². The van der Waals surface area contributed by atoms with Crippen LogP contribution in [0.15, 0.2) is 84.0 Å². The van der Waals surface area contributed by atoms with Crippen molar-refractivity contribution >= 4 is 28.4 Å². The zero-order valence-corrected chi connectivity index (χ0v) is 15.1. The van der Waals surface area contributed by atoms with Gasteiger partial charge < -0.3 is 5.73 Å². The molecule has 0 bridgehead atoms. The summed E-state index contributed by atoms with van der Waals surface area (Å²) >= 11 is 1.62. The van der Waals surface area contributed by atoms with Gasteiger partial charge in [0.25, 0.3) is 0 Å². The molecule has 2 N–H and O–H groups in total. The average molecular weight is 357 g/mol. The summed E-state index contributed by atoms with van der Waals surface area (Å²) in [6.07, 6.45) is 0.761. The number of hydrogen-bond donors (Lipinski definition) is 1. The molecule has 3 aromatic carbocycles. The second-order valence-corrected chi connectivity index (χ2v) is 7.14. The van der Waals surface area contributed by atoms with Crippen LogP contribution in [0.2, 0.25) is 0 Å². The highest BCUT2D eigenvalue weighted by Gasteiger charge is 2.06. The SMILES string of the molecule is Nc1cc(Cc2ccccc2)nc(SCc2ccc3ccccc3c2)n1. The Kier molecular flexibility index (Phi) is 4.84. The van der Waals surface area contributed by atoms with Crippen molar-refractivity contribution in [1.29, 1.82) is 0 Å². The van der Waals surface area contributed by atoms with Crippen molar-refractivity contribution in [2.45, 2.75) is 17.3 Å². The van der Waals surface area contributed by atoms with Gasteiger partial charge in [-0.25, -0.2) is 9.97 Å². The minimum Gasteiger partial charge on any atom is -0.384 e.